The summed E-state index contributed by atoms with van der Waals surface area (Å²) in [7, 11) is 2.56. The zero-order valence-electron chi connectivity index (χ0n) is 16.3. The Morgan fingerprint density at radius 1 is 1.03 bits per heavy atom. The first-order chi connectivity index (χ1) is 14.1. The lowest BCUT2D eigenvalue weighted by Crippen LogP contribution is -2.26. The minimum Gasteiger partial charge on any atom is -0.465 e. The zero-order chi connectivity index (χ0) is 20.4. The summed E-state index contributed by atoms with van der Waals surface area (Å²) in [6, 6.07) is 7.77. The van der Waals surface area contributed by atoms with Gasteiger partial charge in [-0.05, 0) is 36.3 Å². The quantitative estimate of drug-likeness (QED) is 0.746. The third-order valence-electron chi connectivity index (χ3n) is 5.05. The first kappa shape index (κ1) is 18.7. The second kappa shape index (κ2) is 7.79. The molecular weight excluding hydrogens is 370 g/mol. The molecule has 0 aliphatic carbocycles. The SMILES string of the molecule is COC(=O)C1=C(C(=O)OC)N(c2ccc(-c3cnc4n3CCC4)cc2)C=CC=C1. The molecule has 2 aliphatic rings. The summed E-state index contributed by atoms with van der Waals surface area (Å²) in [6.07, 6.45) is 10.7. The maximum absolute atomic E-state index is 12.5. The van der Waals surface area contributed by atoms with E-state index in [9.17, 15) is 9.59 Å². The van der Waals surface area contributed by atoms with Crippen molar-refractivity contribution < 1.29 is 19.1 Å². The summed E-state index contributed by atoms with van der Waals surface area (Å²) >= 11 is 0. The lowest BCUT2D eigenvalue weighted by Gasteiger charge is -2.23. The third kappa shape index (κ3) is 3.35. The van der Waals surface area contributed by atoms with Crippen LogP contribution in [-0.4, -0.2) is 35.7 Å². The van der Waals surface area contributed by atoms with Gasteiger partial charge in [-0.1, -0.05) is 18.2 Å². The number of hydrogen-bond donors (Lipinski definition) is 0. The van der Waals surface area contributed by atoms with E-state index in [1.165, 1.54) is 14.2 Å². The fourth-order valence-corrected chi connectivity index (χ4v) is 3.65. The molecule has 1 aromatic carbocycles. The van der Waals surface area contributed by atoms with Gasteiger partial charge in [-0.25, -0.2) is 14.6 Å². The Hall–Kier alpha value is -3.61. The Morgan fingerprint density at radius 2 is 1.79 bits per heavy atom. The first-order valence-corrected chi connectivity index (χ1v) is 9.34. The monoisotopic (exact) mass is 391 g/mol. The van der Waals surface area contributed by atoms with Crippen molar-refractivity contribution in [1.29, 1.82) is 0 Å². The number of carbonyl (C=O) groups is 2. The highest BCUT2D eigenvalue weighted by Crippen LogP contribution is 2.30. The number of benzene rings is 1. The van der Waals surface area contributed by atoms with Gasteiger partial charge in [-0.15, -0.1) is 0 Å². The molecule has 4 rings (SSSR count). The molecule has 0 unspecified atom stereocenters. The van der Waals surface area contributed by atoms with Gasteiger partial charge in [-0.2, -0.15) is 0 Å². The molecule has 0 fully saturated rings. The maximum atomic E-state index is 12.5. The number of imidazole rings is 1. The summed E-state index contributed by atoms with van der Waals surface area (Å²) in [5, 5.41) is 0. The molecule has 0 radical (unpaired) electrons. The molecule has 0 spiro atoms. The minimum atomic E-state index is -0.626. The number of anilines is 1. The Kier molecular flexibility index (Phi) is 5.03. The smallest absolute Gasteiger partial charge is 0.355 e. The normalized spacial score (nSPS) is 15.3. The van der Waals surface area contributed by atoms with Crippen LogP contribution in [-0.2, 0) is 32.0 Å². The van der Waals surface area contributed by atoms with E-state index >= 15 is 0 Å². The molecule has 0 saturated heterocycles. The summed E-state index contributed by atoms with van der Waals surface area (Å²) in [6.45, 7) is 0.977. The van der Waals surface area contributed by atoms with Crippen LogP contribution >= 0.6 is 0 Å². The van der Waals surface area contributed by atoms with Crippen LogP contribution in [0.25, 0.3) is 11.3 Å². The van der Waals surface area contributed by atoms with Crippen LogP contribution in [0.15, 0.2) is 66.2 Å². The van der Waals surface area contributed by atoms with Crippen LogP contribution < -0.4 is 4.90 Å². The van der Waals surface area contributed by atoms with Gasteiger partial charge in [0.05, 0.1) is 31.7 Å². The van der Waals surface area contributed by atoms with Crippen LogP contribution in [0.4, 0.5) is 5.69 Å². The highest BCUT2D eigenvalue weighted by molar-refractivity contribution is 6.05. The molecule has 3 heterocycles. The Labute approximate surface area is 168 Å². The largest absolute Gasteiger partial charge is 0.465 e. The molecule has 2 aliphatic heterocycles. The van der Waals surface area contributed by atoms with Crippen molar-refractivity contribution in [2.45, 2.75) is 19.4 Å². The lowest BCUT2D eigenvalue weighted by atomic mass is 10.1. The molecule has 0 atom stereocenters. The number of esters is 2. The van der Waals surface area contributed by atoms with Crippen LogP contribution in [0.5, 0.6) is 0 Å². The number of rotatable bonds is 4. The number of methoxy groups -OCH3 is 2. The molecule has 7 heteroatoms. The van der Waals surface area contributed by atoms with Gasteiger partial charge in [0.1, 0.15) is 11.5 Å². The van der Waals surface area contributed by atoms with Gasteiger partial charge >= 0.3 is 11.9 Å². The van der Waals surface area contributed by atoms with Crippen molar-refractivity contribution in [2.24, 2.45) is 0 Å². The third-order valence-corrected chi connectivity index (χ3v) is 5.05. The van der Waals surface area contributed by atoms with E-state index in [1.807, 2.05) is 30.5 Å². The van der Waals surface area contributed by atoms with E-state index in [-0.39, 0.29) is 11.3 Å². The molecular formula is C22H21N3O4. The predicted molar refractivity (Wildman–Crippen MR) is 108 cm³/mol. The number of carbonyl (C=O) groups excluding carboxylic acids is 2. The van der Waals surface area contributed by atoms with Crippen molar-refractivity contribution in [2.75, 3.05) is 19.1 Å². The second-order valence-electron chi connectivity index (χ2n) is 6.68. The van der Waals surface area contributed by atoms with Crippen LogP contribution in [0.3, 0.4) is 0 Å². The van der Waals surface area contributed by atoms with Crippen molar-refractivity contribution in [1.82, 2.24) is 9.55 Å². The maximum Gasteiger partial charge on any atom is 0.355 e. The van der Waals surface area contributed by atoms with E-state index in [1.54, 1.807) is 29.3 Å². The number of aromatic nitrogens is 2. The average Bonchev–Trinajstić information content (AvgIpc) is 3.30. The molecule has 29 heavy (non-hydrogen) atoms. The number of allylic oxidation sites excluding steroid dienone is 2. The molecule has 0 bridgehead atoms. The van der Waals surface area contributed by atoms with Crippen molar-refractivity contribution >= 4 is 17.6 Å². The van der Waals surface area contributed by atoms with E-state index in [0.717, 1.165) is 42.2 Å². The van der Waals surface area contributed by atoms with E-state index in [0.29, 0.717) is 0 Å². The van der Waals surface area contributed by atoms with Gasteiger partial charge in [0.2, 0.25) is 0 Å². The highest BCUT2D eigenvalue weighted by Gasteiger charge is 2.27. The molecule has 0 N–H and O–H groups in total. The van der Waals surface area contributed by atoms with E-state index in [4.69, 9.17) is 9.47 Å². The summed E-state index contributed by atoms with van der Waals surface area (Å²) in [5.74, 6) is -0.120. The van der Waals surface area contributed by atoms with Crippen molar-refractivity contribution in [3.8, 4) is 11.3 Å². The molecule has 2 aromatic rings. The molecule has 0 amide bonds. The number of hydrogen-bond acceptors (Lipinski definition) is 6. The number of nitrogens with zero attached hydrogens (tertiary/aromatic N) is 3. The predicted octanol–water partition coefficient (Wildman–Crippen LogP) is 2.99. The summed E-state index contributed by atoms with van der Waals surface area (Å²) in [4.78, 5) is 30.9. The van der Waals surface area contributed by atoms with E-state index < -0.39 is 11.9 Å². The standard InChI is InChI=1S/C22H21N3O4/c1-28-21(26)17-6-3-4-12-24(20(17)22(27)29-2)16-10-8-15(9-11-16)18-14-23-19-7-5-13-25(18)19/h3-4,6,8-12,14H,5,7,13H2,1-2H3. The van der Waals surface area contributed by atoms with Gasteiger partial charge in [0.15, 0.2) is 0 Å². The lowest BCUT2D eigenvalue weighted by molar-refractivity contribution is -0.139. The second-order valence-corrected chi connectivity index (χ2v) is 6.68. The zero-order valence-corrected chi connectivity index (χ0v) is 16.3. The fraction of sp³-hybridized carbons (Fsp3) is 0.227. The van der Waals surface area contributed by atoms with Crippen LogP contribution in [0.2, 0.25) is 0 Å². The van der Waals surface area contributed by atoms with Gasteiger partial charge in [0, 0.05) is 24.9 Å². The summed E-state index contributed by atoms with van der Waals surface area (Å²) < 4.78 is 12.0. The molecule has 7 nitrogen and oxygen atoms in total. The van der Waals surface area contributed by atoms with E-state index in [2.05, 4.69) is 9.55 Å². The van der Waals surface area contributed by atoms with Gasteiger partial charge in [0.25, 0.3) is 0 Å². The number of fused-ring (bicyclic) bond motifs is 1. The van der Waals surface area contributed by atoms with Crippen molar-refractivity contribution in [3.05, 3.63) is 72.0 Å². The summed E-state index contributed by atoms with van der Waals surface area (Å²) in [5.41, 5.74) is 3.07. The Balaban J connectivity index is 1.74. The first-order valence-electron chi connectivity index (χ1n) is 9.34. The molecule has 0 saturated carbocycles. The average molecular weight is 391 g/mol. The topological polar surface area (TPSA) is 73.7 Å². The van der Waals surface area contributed by atoms with Crippen LogP contribution in [0, 0.1) is 0 Å². The Bertz CT molecular complexity index is 1040. The van der Waals surface area contributed by atoms with Crippen LogP contribution in [0.1, 0.15) is 12.2 Å². The molecule has 1 aromatic heterocycles. The highest BCUT2D eigenvalue weighted by atomic mass is 16.5. The van der Waals surface area contributed by atoms with Crippen molar-refractivity contribution in [3.63, 3.8) is 0 Å². The molecule has 148 valence electrons. The Morgan fingerprint density at radius 3 is 2.52 bits per heavy atom. The minimum absolute atomic E-state index is 0.0994. The fourth-order valence-electron chi connectivity index (χ4n) is 3.65. The van der Waals surface area contributed by atoms with Gasteiger partial charge < -0.3 is 18.9 Å². The van der Waals surface area contributed by atoms with Gasteiger partial charge in [-0.3, -0.25) is 0 Å². The number of ether oxygens (including phenoxy) is 2. The number of aryl methyl sites for hydroxylation is 1.